The number of carbonyl (C=O) groups is 1. The summed E-state index contributed by atoms with van der Waals surface area (Å²) in [5.41, 5.74) is 2.15. The van der Waals surface area contributed by atoms with Gasteiger partial charge in [0.2, 0.25) is 5.91 Å². The highest BCUT2D eigenvalue weighted by Crippen LogP contribution is 2.17. The van der Waals surface area contributed by atoms with E-state index in [4.69, 9.17) is 4.74 Å². The van der Waals surface area contributed by atoms with Crippen LogP contribution >= 0.6 is 11.3 Å². The van der Waals surface area contributed by atoms with Gasteiger partial charge in [-0.05, 0) is 18.6 Å². The van der Waals surface area contributed by atoms with Gasteiger partial charge >= 0.3 is 0 Å². The van der Waals surface area contributed by atoms with Crippen LogP contribution in [0.25, 0.3) is 0 Å². The zero-order valence-electron chi connectivity index (χ0n) is 12.1. The molecule has 0 atom stereocenters. The molecule has 0 saturated carbocycles. The smallest absolute Gasteiger partial charge is 0.242 e. The van der Waals surface area contributed by atoms with Crippen molar-refractivity contribution < 1.29 is 9.53 Å². The van der Waals surface area contributed by atoms with E-state index in [0.29, 0.717) is 19.8 Å². The minimum absolute atomic E-state index is 0.0118. The number of rotatable bonds is 5. The molecule has 0 fully saturated rings. The van der Waals surface area contributed by atoms with E-state index < -0.39 is 0 Å². The van der Waals surface area contributed by atoms with Crippen molar-refractivity contribution in [2.24, 2.45) is 0 Å². The molecule has 0 radical (unpaired) electrons. The summed E-state index contributed by atoms with van der Waals surface area (Å²) in [4.78, 5) is 14.5. The Balaban J connectivity index is 1.53. The number of carbonyl (C=O) groups excluding carboxylic acids is 1. The first-order valence-corrected chi connectivity index (χ1v) is 8.03. The van der Waals surface area contributed by atoms with Gasteiger partial charge in [-0.2, -0.15) is 5.10 Å². The molecule has 1 aliphatic heterocycles. The molecular formula is C15H19N3O2S. The number of amides is 1. The molecule has 3 heterocycles. The Morgan fingerprint density at radius 3 is 3.10 bits per heavy atom. The van der Waals surface area contributed by atoms with Gasteiger partial charge in [0, 0.05) is 27.9 Å². The van der Waals surface area contributed by atoms with Crippen molar-refractivity contribution in [1.82, 2.24) is 15.1 Å². The Morgan fingerprint density at radius 2 is 2.33 bits per heavy atom. The van der Waals surface area contributed by atoms with Crippen molar-refractivity contribution in [3.05, 3.63) is 39.3 Å². The van der Waals surface area contributed by atoms with E-state index in [2.05, 4.69) is 29.5 Å². The average Bonchev–Trinajstić information content (AvgIpc) is 3.10. The highest BCUT2D eigenvalue weighted by atomic mass is 32.1. The zero-order chi connectivity index (χ0) is 14.7. The van der Waals surface area contributed by atoms with Gasteiger partial charge in [0.1, 0.15) is 6.54 Å². The molecule has 5 nitrogen and oxygen atoms in total. The number of hydrogen-bond donors (Lipinski definition) is 1. The maximum absolute atomic E-state index is 12.0. The minimum atomic E-state index is -0.0118. The number of aryl methyl sites for hydroxylation is 1. The number of hydrogen-bond acceptors (Lipinski definition) is 4. The molecule has 0 unspecified atom stereocenters. The Bertz CT molecular complexity index is 609. The molecule has 2 aromatic heterocycles. The van der Waals surface area contributed by atoms with Crippen LogP contribution in [0.2, 0.25) is 0 Å². The molecular weight excluding hydrogens is 286 g/mol. The molecule has 1 amide bonds. The highest BCUT2D eigenvalue weighted by Gasteiger charge is 2.15. The second-order valence-corrected chi connectivity index (χ2v) is 6.35. The van der Waals surface area contributed by atoms with E-state index in [1.165, 1.54) is 9.75 Å². The Kier molecular flexibility index (Phi) is 4.36. The predicted octanol–water partition coefficient (Wildman–Crippen LogP) is 1.90. The summed E-state index contributed by atoms with van der Waals surface area (Å²) >= 11 is 1.75. The summed E-state index contributed by atoms with van der Waals surface area (Å²) in [7, 11) is 0. The fourth-order valence-electron chi connectivity index (χ4n) is 2.36. The van der Waals surface area contributed by atoms with E-state index in [1.807, 2.05) is 6.20 Å². The van der Waals surface area contributed by atoms with Crippen LogP contribution in [0.5, 0.6) is 0 Å². The van der Waals surface area contributed by atoms with Gasteiger partial charge in [-0.1, -0.05) is 6.92 Å². The van der Waals surface area contributed by atoms with Gasteiger partial charge in [0.05, 0.1) is 25.5 Å². The van der Waals surface area contributed by atoms with Crippen LogP contribution in [0, 0.1) is 0 Å². The summed E-state index contributed by atoms with van der Waals surface area (Å²) < 4.78 is 7.09. The lowest BCUT2D eigenvalue weighted by Crippen LogP contribution is -2.27. The molecule has 1 aliphatic rings. The van der Waals surface area contributed by atoms with Crippen LogP contribution in [0.15, 0.2) is 18.3 Å². The first-order chi connectivity index (χ1) is 10.2. The predicted molar refractivity (Wildman–Crippen MR) is 81.1 cm³/mol. The van der Waals surface area contributed by atoms with E-state index in [0.717, 1.165) is 24.1 Å². The lowest BCUT2D eigenvalue weighted by Gasteiger charge is -2.08. The molecule has 2 aromatic rings. The second kappa shape index (κ2) is 6.41. The molecule has 3 rings (SSSR count). The number of thiophene rings is 1. The Morgan fingerprint density at radius 1 is 1.48 bits per heavy atom. The summed E-state index contributed by atoms with van der Waals surface area (Å²) in [6.07, 6.45) is 3.78. The lowest BCUT2D eigenvalue weighted by molar-refractivity contribution is -0.122. The van der Waals surface area contributed by atoms with Crippen molar-refractivity contribution in [2.75, 3.05) is 6.61 Å². The monoisotopic (exact) mass is 305 g/mol. The number of nitrogens with one attached hydrogen (secondary N) is 1. The maximum atomic E-state index is 12.0. The highest BCUT2D eigenvalue weighted by molar-refractivity contribution is 7.11. The summed E-state index contributed by atoms with van der Waals surface area (Å²) in [6.45, 7) is 4.31. The van der Waals surface area contributed by atoms with Crippen LogP contribution in [0.1, 0.15) is 27.9 Å². The number of aromatic nitrogens is 2. The number of ether oxygens (including phenoxy) is 1. The minimum Gasteiger partial charge on any atom is -0.376 e. The second-order valence-electron chi connectivity index (χ2n) is 5.10. The molecule has 1 N–H and O–H groups in total. The van der Waals surface area contributed by atoms with Crippen molar-refractivity contribution >= 4 is 17.2 Å². The van der Waals surface area contributed by atoms with E-state index in [9.17, 15) is 4.79 Å². The average molecular weight is 305 g/mol. The van der Waals surface area contributed by atoms with E-state index in [1.54, 1.807) is 16.0 Å². The fraction of sp³-hybridized carbons (Fsp3) is 0.467. The van der Waals surface area contributed by atoms with Gasteiger partial charge in [-0.25, -0.2) is 0 Å². The van der Waals surface area contributed by atoms with Crippen LogP contribution < -0.4 is 5.32 Å². The molecule has 0 aliphatic carbocycles. The van der Waals surface area contributed by atoms with Crippen molar-refractivity contribution in [2.45, 2.75) is 39.5 Å². The van der Waals surface area contributed by atoms with Crippen LogP contribution in [-0.4, -0.2) is 22.3 Å². The number of nitrogens with zero attached hydrogens (tertiary/aromatic N) is 2. The van der Waals surface area contributed by atoms with Crippen LogP contribution in [0.3, 0.4) is 0 Å². The van der Waals surface area contributed by atoms with E-state index in [-0.39, 0.29) is 12.5 Å². The first-order valence-electron chi connectivity index (χ1n) is 7.22. The number of fused-ring (bicyclic) bond motifs is 1. The topological polar surface area (TPSA) is 56.2 Å². The molecule has 0 spiro atoms. The fourth-order valence-corrected chi connectivity index (χ4v) is 3.26. The summed E-state index contributed by atoms with van der Waals surface area (Å²) in [6, 6.07) is 4.20. The summed E-state index contributed by atoms with van der Waals surface area (Å²) in [5, 5.41) is 7.39. The SMILES string of the molecule is CCc1ccc(CNC(=O)Cn2cc3c(n2)CCOC3)s1. The lowest BCUT2D eigenvalue weighted by atomic mass is 10.2. The van der Waals surface area contributed by atoms with Gasteiger partial charge in [-0.3, -0.25) is 9.48 Å². The Labute approximate surface area is 127 Å². The standard InChI is InChI=1S/C15H19N3O2S/c1-2-12-3-4-13(21-12)7-16-15(19)9-18-8-11-10-20-6-5-14(11)17-18/h3-4,8H,2,5-7,9-10H2,1H3,(H,16,19). The zero-order valence-corrected chi connectivity index (χ0v) is 12.9. The van der Waals surface area contributed by atoms with Gasteiger partial charge in [-0.15, -0.1) is 11.3 Å². The third kappa shape index (κ3) is 3.51. The molecule has 6 heteroatoms. The quantitative estimate of drug-likeness (QED) is 0.918. The first kappa shape index (κ1) is 14.3. The normalized spacial score (nSPS) is 14.0. The van der Waals surface area contributed by atoms with Crippen molar-refractivity contribution in [3.8, 4) is 0 Å². The van der Waals surface area contributed by atoms with Gasteiger partial charge < -0.3 is 10.1 Å². The van der Waals surface area contributed by atoms with Crippen molar-refractivity contribution in [3.63, 3.8) is 0 Å². The van der Waals surface area contributed by atoms with E-state index >= 15 is 0 Å². The molecule has 112 valence electrons. The molecule has 21 heavy (non-hydrogen) atoms. The molecule has 0 bridgehead atoms. The molecule has 0 aromatic carbocycles. The van der Waals surface area contributed by atoms with Crippen molar-refractivity contribution in [1.29, 1.82) is 0 Å². The third-order valence-corrected chi connectivity index (χ3v) is 4.73. The Hall–Kier alpha value is -1.66. The largest absolute Gasteiger partial charge is 0.376 e. The van der Waals surface area contributed by atoms with Gasteiger partial charge in [0.25, 0.3) is 0 Å². The van der Waals surface area contributed by atoms with Gasteiger partial charge in [0.15, 0.2) is 0 Å². The maximum Gasteiger partial charge on any atom is 0.242 e. The van der Waals surface area contributed by atoms with Crippen LogP contribution in [-0.2, 0) is 42.1 Å². The summed E-state index contributed by atoms with van der Waals surface area (Å²) in [5.74, 6) is -0.0118. The van der Waals surface area contributed by atoms with Crippen LogP contribution in [0.4, 0.5) is 0 Å². The third-order valence-electron chi connectivity index (χ3n) is 3.50. The molecule has 0 saturated heterocycles.